The van der Waals surface area contributed by atoms with Crippen LogP contribution in [0.3, 0.4) is 0 Å². The smallest absolute Gasteiger partial charge is 0.373 e. The number of methoxy groups -OCH3 is 1. The summed E-state index contributed by atoms with van der Waals surface area (Å²) in [6, 6.07) is 6.66. The van der Waals surface area contributed by atoms with Crippen LogP contribution in [0.4, 0.5) is 4.39 Å². The molecule has 0 saturated carbocycles. The van der Waals surface area contributed by atoms with Crippen molar-refractivity contribution in [3.63, 3.8) is 0 Å². The maximum absolute atomic E-state index is 13.0. The maximum atomic E-state index is 13.0. The summed E-state index contributed by atoms with van der Waals surface area (Å²) >= 11 is 3.24. The van der Waals surface area contributed by atoms with Gasteiger partial charge in [-0.2, -0.15) is 0 Å². The van der Waals surface area contributed by atoms with Crippen molar-refractivity contribution in [2.24, 2.45) is 5.73 Å². The molecule has 0 bridgehead atoms. The van der Waals surface area contributed by atoms with E-state index >= 15 is 0 Å². The maximum Gasteiger partial charge on any atom is 0.373 e. The largest absolute Gasteiger partial charge is 0.463 e. The van der Waals surface area contributed by atoms with Gasteiger partial charge in [0.2, 0.25) is 5.76 Å². The monoisotopic (exact) mass is 327 g/mol. The summed E-state index contributed by atoms with van der Waals surface area (Å²) in [5, 5.41) is 0. The molecule has 2 rings (SSSR count). The molecule has 0 radical (unpaired) electrons. The third-order valence-electron chi connectivity index (χ3n) is 2.62. The van der Waals surface area contributed by atoms with Crippen LogP contribution < -0.4 is 5.73 Å². The molecule has 0 amide bonds. The Labute approximate surface area is 117 Å². The average molecular weight is 328 g/mol. The first kappa shape index (κ1) is 13.8. The molecule has 1 heterocycles. The first-order chi connectivity index (χ1) is 9.02. The Morgan fingerprint density at radius 2 is 2.16 bits per heavy atom. The lowest BCUT2D eigenvalue weighted by Gasteiger charge is -2.11. The van der Waals surface area contributed by atoms with E-state index in [9.17, 15) is 9.18 Å². The van der Waals surface area contributed by atoms with Gasteiger partial charge >= 0.3 is 5.97 Å². The van der Waals surface area contributed by atoms with E-state index in [0.29, 0.717) is 15.8 Å². The Morgan fingerprint density at radius 3 is 2.79 bits per heavy atom. The number of rotatable bonds is 3. The lowest BCUT2D eigenvalue weighted by atomic mass is 10.1. The molecule has 0 spiro atoms. The predicted octanol–water partition coefficient (Wildman–Crippen LogP) is 3.02. The number of esters is 1. The SMILES string of the molecule is COC(=O)c1ccc(C(N)c2ccc(F)cc2Br)o1. The van der Waals surface area contributed by atoms with Crippen molar-refractivity contribution < 1.29 is 18.3 Å². The van der Waals surface area contributed by atoms with Crippen molar-refractivity contribution in [2.75, 3.05) is 7.11 Å². The van der Waals surface area contributed by atoms with Gasteiger partial charge in [-0.3, -0.25) is 0 Å². The molecular formula is C13H11BrFNO3. The summed E-state index contributed by atoms with van der Waals surface area (Å²) < 4.78 is 23.4. The van der Waals surface area contributed by atoms with Crippen molar-refractivity contribution in [3.05, 3.63) is 57.7 Å². The summed E-state index contributed by atoms with van der Waals surface area (Å²) in [4.78, 5) is 11.3. The van der Waals surface area contributed by atoms with Crippen LogP contribution in [-0.2, 0) is 4.74 Å². The molecule has 0 saturated heterocycles. The third kappa shape index (κ3) is 2.85. The predicted molar refractivity (Wildman–Crippen MR) is 70.2 cm³/mol. The van der Waals surface area contributed by atoms with Crippen LogP contribution >= 0.6 is 15.9 Å². The molecule has 0 fully saturated rings. The van der Waals surface area contributed by atoms with Crippen LogP contribution in [0.25, 0.3) is 0 Å². The molecule has 1 atom stereocenters. The number of carbonyl (C=O) groups excluding carboxylic acids is 1. The number of ether oxygens (including phenoxy) is 1. The standard InChI is InChI=1S/C13H11BrFNO3/c1-18-13(17)11-5-4-10(19-11)12(16)8-3-2-7(15)6-9(8)14/h2-6,12H,16H2,1H3. The fraction of sp³-hybridized carbons (Fsp3) is 0.154. The lowest BCUT2D eigenvalue weighted by molar-refractivity contribution is 0.0562. The van der Waals surface area contributed by atoms with Crippen LogP contribution in [-0.4, -0.2) is 13.1 Å². The van der Waals surface area contributed by atoms with Gasteiger partial charge in [-0.15, -0.1) is 0 Å². The summed E-state index contributed by atoms with van der Waals surface area (Å²) in [5.41, 5.74) is 6.68. The van der Waals surface area contributed by atoms with E-state index in [4.69, 9.17) is 10.2 Å². The molecule has 19 heavy (non-hydrogen) atoms. The van der Waals surface area contributed by atoms with Crippen LogP contribution in [0.5, 0.6) is 0 Å². The zero-order valence-electron chi connectivity index (χ0n) is 10.0. The van der Waals surface area contributed by atoms with Crippen LogP contribution in [0.2, 0.25) is 0 Å². The molecular weight excluding hydrogens is 317 g/mol. The van der Waals surface area contributed by atoms with Crippen LogP contribution in [0.15, 0.2) is 39.2 Å². The Hall–Kier alpha value is -1.66. The minimum absolute atomic E-state index is 0.0752. The van der Waals surface area contributed by atoms with Crippen molar-refractivity contribution in [3.8, 4) is 0 Å². The molecule has 2 aromatic rings. The molecule has 1 unspecified atom stereocenters. The van der Waals surface area contributed by atoms with E-state index in [1.54, 1.807) is 12.1 Å². The average Bonchev–Trinajstić information content (AvgIpc) is 2.86. The molecule has 1 aromatic carbocycles. The number of nitrogens with two attached hydrogens (primary N) is 1. The highest BCUT2D eigenvalue weighted by molar-refractivity contribution is 9.10. The fourth-order valence-corrected chi connectivity index (χ4v) is 2.23. The Balaban J connectivity index is 2.31. The second kappa shape index (κ2) is 5.54. The highest BCUT2D eigenvalue weighted by atomic mass is 79.9. The van der Waals surface area contributed by atoms with E-state index < -0.39 is 12.0 Å². The molecule has 2 N–H and O–H groups in total. The number of halogens is 2. The van der Waals surface area contributed by atoms with Gasteiger partial charge in [0.1, 0.15) is 11.6 Å². The van der Waals surface area contributed by atoms with Gasteiger partial charge in [0.15, 0.2) is 0 Å². The molecule has 100 valence electrons. The highest BCUT2D eigenvalue weighted by Gasteiger charge is 2.19. The van der Waals surface area contributed by atoms with E-state index in [0.717, 1.165) is 0 Å². The number of hydrogen-bond donors (Lipinski definition) is 1. The molecule has 0 aliphatic heterocycles. The van der Waals surface area contributed by atoms with Gasteiger partial charge in [-0.1, -0.05) is 22.0 Å². The van der Waals surface area contributed by atoms with E-state index in [1.165, 1.54) is 25.3 Å². The zero-order chi connectivity index (χ0) is 14.0. The number of carbonyl (C=O) groups is 1. The summed E-state index contributed by atoms with van der Waals surface area (Å²) in [7, 11) is 1.26. The normalized spacial score (nSPS) is 12.2. The van der Waals surface area contributed by atoms with Crippen molar-refractivity contribution in [1.82, 2.24) is 0 Å². The minimum atomic E-state index is -0.603. The molecule has 1 aromatic heterocycles. The summed E-state index contributed by atoms with van der Waals surface area (Å²) in [5.74, 6) is -0.465. The Bertz CT molecular complexity index is 612. The third-order valence-corrected chi connectivity index (χ3v) is 3.30. The second-order valence-electron chi connectivity index (χ2n) is 3.84. The minimum Gasteiger partial charge on any atom is -0.463 e. The summed E-state index contributed by atoms with van der Waals surface area (Å²) in [6.07, 6.45) is 0. The Kier molecular flexibility index (Phi) is 4.01. The topological polar surface area (TPSA) is 65.5 Å². The van der Waals surface area contributed by atoms with E-state index in [1.807, 2.05) is 0 Å². The molecule has 4 nitrogen and oxygen atoms in total. The van der Waals surface area contributed by atoms with E-state index in [2.05, 4.69) is 20.7 Å². The van der Waals surface area contributed by atoms with Crippen molar-refractivity contribution in [1.29, 1.82) is 0 Å². The second-order valence-corrected chi connectivity index (χ2v) is 4.69. The Morgan fingerprint density at radius 1 is 1.42 bits per heavy atom. The lowest BCUT2D eigenvalue weighted by Crippen LogP contribution is -2.12. The first-order valence-corrected chi connectivity index (χ1v) is 6.21. The van der Waals surface area contributed by atoms with Gasteiger partial charge in [-0.25, -0.2) is 9.18 Å². The molecule has 0 aliphatic carbocycles. The summed E-state index contributed by atoms with van der Waals surface area (Å²) in [6.45, 7) is 0. The van der Waals surface area contributed by atoms with Crippen molar-refractivity contribution >= 4 is 21.9 Å². The number of hydrogen-bond acceptors (Lipinski definition) is 4. The van der Waals surface area contributed by atoms with Crippen LogP contribution in [0, 0.1) is 5.82 Å². The van der Waals surface area contributed by atoms with Gasteiger partial charge in [-0.05, 0) is 29.8 Å². The van der Waals surface area contributed by atoms with Crippen LogP contribution in [0.1, 0.15) is 27.9 Å². The molecule has 6 heteroatoms. The number of benzene rings is 1. The highest BCUT2D eigenvalue weighted by Crippen LogP contribution is 2.28. The van der Waals surface area contributed by atoms with E-state index in [-0.39, 0.29) is 11.6 Å². The fourth-order valence-electron chi connectivity index (χ4n) is 1.64. The van der Waals surface area contributed by atoms with Crippen molar-refractivity contribution in [2.45, 2.75) is 6.04 Å². The van der Waals surface area contributed by atoms with Gasteiger partial charge < -0.3 is 14.9 Å². The van der Waals surface area contributed by atoms with Gasteiger partial charge in [0.25, 0.3) is 0 Å². The quantitative estimate of drug-likeness (QED) is 0.880. The van der Waals surface area contributed by atoms with Gasteiger partial charge in [0.05, 0.1) is 13.2 Å². The zero-order valence-corrected chi connectivity index (χ0v) is 11.6. The number of furan rings is 1. The first-order valence-electron chi connectivity index (χ1n) is 5.41. The molecule has 0 aliphatic rings. The van der Waals surface area contributed by atoms with Gasteiger partial charge in [0, 0.05) is 4.47 Å².